The average Bonchev–Trinajstić information content (AvgIpc) is 2.12. The van der Waals surface area contributed by atoms with Crippen LogP contribution in [0.3, 0.4) is 0 Å². The van der Waals surface area contributed by atoms with Gasteiger partial charge in [-0.25, -0.2) is 0 Å². The van der Waals surface area contributed by atoms with Crippen molar-refractivity contribution in [1.29, 1.82) is 0 Å². The molecule has 0 saturated carbocycles. The van der Waals surface area contributed by atoms with Gasteiger partial charge < -0.3 is 25.5 Å². The van der Waals surface area contributed by atoms with E-state index in [1.807, 2.05) is 0 Å². The number of aliphatic hydroxyl groups excluding tert-OH is 5. The number of thiocarbonyl (C=S) groups is 1. The molecule has 0 spiro atoms. The Bertz CT molecular complexity index is 147. The summed E-state index contributed by atoms with van der Waals surface area (Å²) in [5, 5.41) is 44.9. The zero-order valence-corrected chi connectivity index (χ0v) is 9.29. The second kappa shape index (κ2) is 7.90. The molecule has 0 bridgehead atoms. The molecular weight excluding hydrogens is 282 g/mol. The molecule has 0 aromatic rings. The molecule has 79 valence electrons. The van der Waals surface area contributed by atoms with Crippen LogP contribution in [0, 0.1) is 0 Å². The van der Waals surface area contributed by atoms with Crippen molar-refractivity contribution in [2.75, 3.05) is 6.61 Å². The van der Waals surface area contributed by atoms with Gasteiger partial charge in [0.2, 0.25) is 0 Å². The molecule has 5 nitrogen and oxygen atoms in total. The first-order valence-electron chi connectivity index (χ1n) is 3.33. The summed E-state index contributed by atoms with van der Waals surface area (Å²) in [5.74, 6) is 0. The number of rotatable bonds is 5. The van der Waals surface area contributed by atoms with Crippen molar-refractivity contribution >= 4 is 17.6 Å². The molecule has 0 unspecified atom stereocenters. The first-order valence-corrected chi connectivity index (χ1v) is 3.80. The van der Waals surface area contributed by atoms with Crippen LogP contribution >= 0.6 is 12.2 Å². The quantitative estimate of drug-likeness (QED) is 0.357. The maximum atomic E-state index is 9.02. The van der Waals surface area contributed by atoms with Crippen LogP contribution in [0.2, 0.25) is 0 Å². The molecule has 0 rings (SSSR count). The second-order valence-electron chi connectivity index (χ2n) is 2.36. The molecule has 7 heteroatoms. The molecule has 0 aliphatic heterocycles. The fraction of sp³-hybridized carbons (Fsp3) is 0.833. The summed E-state index contributed by atoms with van der Waals surface area (Å²) >= 11 is 4.30. The van der Waals surface area contributed by atoms with Crippen molar-refractivity contribution in [2.24, 2.45) is 0 Å². The Balaban J connectivity index is 0. The molecule has 0 heterocycles. The van der Waals surface area contributed by atoms with Crippen LogP contribution in [0.5, 0.6) is 0 Å². The predicted molar refractivity (Wildman–Crippen MR) is 44.8 cm³/mol. The van der Waals surface area contributed by atoms with Gasteiger partial charge in [0.15, 0.2) is 0 Å². The van der Waals surface area contributed by atoms with Crippen molar-refractivity contribution in [1.82, 2.24) is 0 Å². The van der Waals surface area contributed by atoms with Crippen molar-refractivity contribution in [2.45, 2.75) is 24.4 Å². The minimum absolute atomic E-state index is 0. The van der Waals surface area contributed by atoms with Gasteiger partial charge >= 0.3 is 0 Å². The first-order chi connectivity index (χ1) is 5.54. The molecule has 4 atom stereocenters. The van der Waals surface area contributed by atoms with E-state index in [9.17, 15) is 0 Å². The Morgan fingerprint density at radius 1 is 1.08 bits per heavy atom. The summed E-state index contributed by atoms with van der Waals surface area (Å²) in [6, 6.07) is 0. The van der Waals surface area contributed by atoms with E-state index in [1.165, 1.54) is 0 Å². The Morgan fingerprint density at radius 3 is 1.85 bits per heavy atom. The smallest absolute Gasteiger partial charge is 0.113 e. The third-order valence-electron chi connectivity index (χ3n) is 1.42. The van der Waals surface area contributed by atoms with Crippen LogP contribution < -0.4 is 0 Å². The molecule has 0 aromatic carbocycles. The van der Waals surface area contributed by atoms with Gasteiger partial charge in [-0.15, -0.1) is 0 Å². The average molecular weight is 294 g/mol. The minimum Gasteiger partial charge on any atom is -0.394 e. The summed E-state index contributed by atoms with van der Waals surface area (Å²) in [7, 11) is 0. The van der Waals surface area contributed by atoms with E-state index in [1.54, 1.807) is 0 Å². The number of hydrogen-bond acceptors (Lipinski definition) is 6. The standard InChI is InChI=1S/C6H12O5S.Tc/c7-1-3(8)5(10)6(11)4(9)2-12;/h2-11H,1H2;/t3-,4+,5-,6-;/m1./s1. The predicted octanol–water partition coefficient (Wildman–Crippen LogP) is -2.58. The Labute approximate surface area is 94.4 Å². The Hall–Kier alpha value is 0.539. The van der Waals surface area contributed by atoms with Crippen molar-refractivity contribution in [3.05, 3.63) is 0 Å². The van der Waals surface area contributed by atoms with Crippen LogP contribution in [0.25, 0.3) is 0 Å². The van der Waals surface area contributed by atoms with Crippen LogP contribution in [0.15, 0.2) is 0 Å². The van der Waals surface area contributed by atoms with Gasteiger partial charge in [0.05, 0.1) is 6.61 Å². The number of aliphatic hydroxyl groups is 5. The maximum Gasteiger partial charge on any atom is 0.113 e. The third kappa shape index (κ3) is 5.09. The SMILES string of the molecule is OC[C@@H](O)[C@@H](O)[C@H](O)[C@@H](O)C=S.[Tc]. The fourth-order valence-electron chi connectivity index (χ4n) is 0.618. The van der Waals surface area contributed by atoms with Crippen LogP contribution in [-0.2, 0) is 20.1 Å². The maximum absolute atomic E-state index is 9.02. The molecule has 5 N–H and O–H groups in total. The van der Waals surface area contributed by atoms with Gasteiger partial charge in [0.1, 0.15) is 24.4 Å². The van der Waals surface area contributed by atoms with Gasteiger partial charge in [0.25, 0.3) is 0 Å². The topological polar surface area (TPSA) is 101 Å². The van der Waals surface area contributed by atoms with Crippen LogP contribution in [0.4, 0.5) is 0 Å². The number of hydrogen-bond donors (Lipinski definition) is 5. The largest absolute Gasteiger partial charge is 0.394 e. The van der Waals surface area contributed by atoms with Gasteiger partial charge in [-0.1, -0.05) is 12.2 Å². The fourth-order valence-corrected chi connectivity index (χ4v) is 0.779. The molecule has 0 aliphatic carbocycles. The van der Waals surface area contributed by atoms with Gasteiger partial charge in [-0.05, 0) is 0 Å². The molecular formula is C6H12O5STc. The molecule has 0 aliphatic rings. The zero-order chi connectivity index (χ0) is 9.72. The molecule has 0 saturated heterocycles. The van der Waals surface area contributed by atoms with E-state index in [-0.39, 0.29) is 20.1 Å². The van der Waals surface area contributed by atoms with E-state index in [2.05, 4.69) is 12.2 Å². The summed E-state index contributed by atoms with van der Waals surface area (Å²) in [6.45, 7) is -0.692. The second-order valence-corrected chi connectivity index (χ2v) is 2.63. The molecule has 0 amide bonds. The van der Waals surface area contributed by atoms with Crippen molar-refractivity contribution < 1.29 is 45.6 Å². The summed E-state index contributed by atoms with van der Waals surface area (Å²) in [4.78, 5) is 0. The Morgan fingerprint density at radius 2 is 1.54 bits per heavy atom. The molecule has 0 aromatic heterocycles. The van der Waals surface area contributed by atoms with Gasteiger partial charge in [-0.3, -0.25) is 0 Å². The van der Waals surface area contributed by atoms with E-state index in [4.69, 9.17) is 25.5 Å². The molecule has 13 heavy (non-hydrogen) atoms. The van der Waals surface area contributed by atoms with Crippen LogP contribution in [0.1, 0.15) is 0 Å². The zero-order valence-electron chi connectivity index (χ0n) is 6.62. The van der Waals surface area contributed by atoms with Gasteiger partial charge in [-0.2, -0.15) is 0 Å². The third-order valence-corrected chi connectivity index (χ3v) is 1.70. The van der Waals surface area contributed by atoms with Crippen molar-refractivity contribution in [3.63, 3.8) is 0 Å². The summed E-state index contributed by atoms with van der Waals surface area (Å²) in [6.07, 6.45) is -6.06. The summed E-state index contributed by atoms with van der Waals surface area (Å²) < 4.78 is 0. The summed E-state index contributed by atoms with van der Waals surface area (Å²) in [5.41, 5.74) is 0. The van der Waals surface area contributed by atoms with E-state index in [0.717, 1.165) is 5.37 Å². The van der Waals surface area contributed by atoms with E-state index >= 15 is 0 Å². The van der Waals surface area contributed by atoms with Crippen LogP contribution in [-0.4, -0.2) is 61.9 Å². The Kier molecular flexibility index (Phi) is 9.71. The first kappa shape index (κ1) is 16.0. The normalized spacial score (nSPS) is 19.5. The van der Waals surface area contributed by atoms with Crippen molar-refractivity contribution in [3.8, 4) is 0 Å². The van der Waals surface area contributed by atoms with Gasteiger partial charge in [0, 0.05) is 25.5 Å². The van der Waals surface area contributed by atoms with E-state index in [0.29, 0.717) is 0 Å². The molecule has 0 fully saturated rings. The molecule has 1 radical (unpaired) electrons. The van der Waals surface area contributed by atoms with E-state index < -0.39 is 31.0 Å². The minimum atomic E-state index is -1.61. The monoisotopic (exact) mass is 293 g/mol.